The van der Waals surface area contributed by atoms with Gasteiger partial charge >= 0.3 is 11.6 Å². The predicted molar refractivity (Wildman–Crippen MR) is 112 cm³/mol. The summed E-state index contributed by atoms with van der Waals surface area (Å²) in [6.07, 6.45) is 0.849. The Labute approximate surface area is 169 Å². The smallest absolute Gasteiger partial charge is 0.336 e. The van der Waals surface area contributed by atoms with Gasteiger partial charge in [-0.25, -0.2) is 9.78 Å². The van der Waals surface area contributed by atoms with Crippen LogP contribution in [0.3, 0.4) is 0 Å². The van der Waals surface area contributed by atoms with Gasteiger partial charge in [0.15, 0.2) is 4.34 Å². The number of nitrogens with zero attached hydrogens (tertiary/aromatic N) is 1. The number of thiazole rings is 1. The standard InChI is InChI=1S/C21H17NO4S2/c1-2-13-7-8-15-14(10-19(23)26-17(15)9-13)11-25-20(24)12-27-21-22-16-5-3-4-6-18(16)28-21/h3-10H,2,11-12H2,1H3. The van der Waals surface area contributed by atoms with Crippen LogP contribution in [-0.4, -0.2) is 16.7 Å². The summed E-state index contributed by atoms with van der Waals surface area (Å²) in [4.78, 5) is 28.5. The Morgan fingerprint density at radius 1 is 1.21 bits per heavy atom. The molecule has 4 rings (SSSR count). The molecule has 0 N–H and O–H groups in total. The van der Waals surface area contributed by atoms with Crippen LogP contribution in [0.15, 0.2) is 62.1 Å². The third-order valence-corrected chi connectivity index (χ3v) is 6.43. The highest BCUT2D eigenvalue weighted by atomic mass is 32.2. The molecule has 5 nitrogen and oxygen atoms in total. The lowest BCUT2D eigenvalue weighted by atomic mass is 10.1. The van der Waals surface area contributed by atoms with E-state index in [1.807, 2.05) is 49.4 Å². The van der Waals surface area contributed by atoms with Crippen molar-refractivity contribution in [1.82, 2.24) is 4.98 Å². The van der Waals surface area contributed by atoms with Crippen molar-refractivity contribution in [3.8, 4) is 0 Å². The van der Waals surface area contributed by atoms with Gasteiger partial charge in [0, 0.05) is 17.0 Å². The van der Waals surface area contributed by atoms with Gasteiger partial charge in [0.1, 0.15) is 12.2 Å². The van der Waals surface area contributed by atoms with Crippen LogP contribution < -0.4 is 5.63 Å². The Hall–Kier alpha value is -2.64. The van der Waals surface area contributed by atoms with Crippen LogP contribution in [0.5, 0.6) is 0 Å². The maximum Gasteiger partial charge on any atom is 0.336 e. The second-order valence-electron chi connectivity index (χ2n) is 6.17. The maximum absolute atomic E-state index is 12.2. The molecule has 28 heavy (non-hydrogen) atoms. The zero-order chi connectivity index (χ0) is 19.5. The lowest BCUT2D eigenvalue weighted by Gasteiger charge is -2.07. The molecule has 4 aromatic rings. The Morgan fingerprint density at radius 2 is 2.07 bits per heavy atom. The van der Waals surface area contributed by atoms with Crippen molar-refractivity contribution in [3.63, 3.8) is 0 Å². The van der Waals surface area contributed by atoms with Crippen LogP contribution in [-0.2, 0) is 22.6 Å². The number of esters is 1. The largest absolute Gasteiger partial charge is 0.460 e. The van der Waals surface area contributed by atoms with Crippen LogP contribution >= 0.6 is 23.1 Å². The van der Waals surface area contributed by atoms with Gasteiger partial charge in [0.25, 0.3) is 0 Å². The zero-order valence-electron chi connectivity index (χ0n) is 15.1. The van der Waals surface area contributed by atoms with Gasteiger partial charge in [0.2, 0.25) is 0 Å². The van der Waals surface area contributed by atoms with Crippen LogP contribution in [0, 0.1) is 0 Å². The summed E-state index contributed by atoms with van der Waals surface area (Å²) in [5.41, 5.74) is 2.72. The quantitative estimate of drug-likeness (QED) is 0.258. The highest BCUT2D eigenvalue weighted by Gasteiger charge is 2.11. The molecule has 2 aromatic heterocycles. The highest BCUT2D eigenvalue weighted by Crippen LogP contribution is 2.29. The fraction of sp³-hybridized carbons (Fsp3) is 0.190. The minimum atomic E-state index is -0.448. The number of hydrogen-bond donors (Lipinski definition) is 0. The number of carbonyl (C=O) groups excluding carboxylic acids is 1. The molecular formula is C21H17NO4S2. The molecule has 0 saturated heterocycles. The molecule has 0 spiro atoms. The normalized spacial score (nSPS) is 11.2. The van der Waals surface area contributed by atoms with Crippen molar-refractivity contribution in [2.24, 2.45) is 0 Å². The first kappa shape index (κ1) is 18.7. The minimum Gasteiger partial charge on any atom is -0.460 e. The zero-order valence-corrected chi connectivity index (χ0v) is 16.8. The number of fused-ring (bicyclic) bond motifs is 2. The van der Waals surface area contributed by atoms with Gasteiger partial charge in [-0.3, -0.25) is 4.79 Å². The number of ether oxygens (including phenoxy) is 1. The molecule has 142 valence electrons. The lowest BCUT2D eigenvalue weighted by molar-refractivity contribution is -0.141. The third-order valence-electron chi connectivity index (χ3n) is 4.28. The number of aryl methyl sites for hydroxylation is 1. The number of para-hydroxylation sites is 1. The summed E-state index contributed by atoms with van der Waals surface area (Å²) >= 11 is 2.91. The fourth-order valence-corrected chi connectivity index (χ4v) is 4.71. The minimum absolute atomic E-state index is 0.0345. The molecule has 7 heteroatoms. The second-order valence-corrected chi connectivity index (χ2v) is 8.42. The average Bonchev–Trinajstić information content (AvgIpc) is 3.12. The van der Waals surface area contributed by atoms with Crippen molar-refractivity contribution >= 4 is 50.3 Å². The summed E-state index contributed by atoms with van der Waals surface area (Å²) in [6, 6.07) is 15.0. The van der Waals surface area contributed by atoms with E-state index >= 15 is 0 Å². The number of carbonyl (C=O) groups is 1. The number of aromatic nitrogens is 1. The molecule has 0 radical (unpaired) electrons. The monoisotopic (exact) mass is 411 g/mol. The molecule has 2 aromatic carbocycles. The number of thioether (sulfide) groups is 1. The molecule has 0 saturated carbocycles. The van der Waals surface area contributed by atoms with Crippen molar-refractivity contribution in [2.75, 3.05) is 5.75 Å². The summed E-state index contributed by atoms with van der Waals surface area (Å²) in [7, 11) is 0. The van der Waals surface area contributed by atoms with Crippen LogP contribution in [0.1, 0.15) is 18.1 Å². The summed E-state index contributed by atoms with van der Waals surface area (Å²) in [6.45, 7) is 2.07. The van der Waals surface area contributed by atoms with Gasteiger partial charge in [0.05, 0.1) is 16.0 Å². The van der Waals surface area contributed by atoms with Gasteiger partial charge in [-0.1, -0.05) is 43.0 Å². The Bertz CT molecular complexity index is 1180. The van der Waals surface area contributed by atoms with E-state index in [4.69, 9.17) is 9.15 Å². The van der Waals surface area contributed by atoms with Crippen LogP contribution in [0.4, 0.5) is 0 Å². The van der Waals surface area contributed by atoms with Crippen molar-refractivity contribution in [1.29, 1.82) is 0 Å². The van der Waals surface area contributed by atoms with Crippen LogP contribution in [0.2, 0.25) is 0 Å². The van der Waals surface area contributed by atoms with E-state index in [0.29, 0.717) is 11.1 Å². The molecule has 0 aliphatic rings. The number of hydrogen-bond acceptors (Lipinski definition) is 7. The molecule has 0 bridgehead atoms. The van der Waals surface area contributed by atoms with Gasteiger partial charge in [-0.15, -0.1) is 11.3 Å². The van der Waals surface area contributed by atoms with E-state index < -0.39 is 5.63 Å². The second kappa shape index (κ2) is 8.16. The molecule has 2 heterocycles. The number of rotatable bonds is 6. The van der Waals surface area contributed by atoms with Gasteiger partial charge < -0.3 is 9.15 Å². The Morgan fingerprint density at radius 3 is 2.89 bits per heavy atom. The first-order valence-electron chi connectivity index (χ1n) is 8.82. The van der Waals surface area contributed by atoms with E-state index in [1.165, 1.54) is 17.8 Å². The van der Waals surface area contributed by atoms with E-state index in [1.54, 1.807) is 11.3 Å². The molecule has 0 unspecified atom stereocenters. The Kier molecular flexibility index (Phi) is 5.45. The first-order valence-corrected chi connectivity index (χ1v) is 10.6. The third kappa shape index (κ3) is 4.10. The SMILES string of the molecule is CCc1ccc2c(COC(=O)CSc3nc4ccccc4s3)cc(=O)oc2c1. The van der Waals surface area contributed by atoms with Gasteiger partial charge in [-0.2, -0.15) is 0 Å². The number of benzene rings is 2. The highest BCUT2D eigenvalue weighted by molar-refractivity contribution is 8.01. The van der Waals surface area contributed by atoms with Crippen molar-refractivity contribution in [3.05, 3.63) is 70.1 Å². The van der Waals surface area contributed by atoms with E-state index in [0.717, 1.165) is 31.9 Å². The van der Waals surface area contributed by atoms with Crippen LogP contribution in [0.25, 0.3) is 21.2 Å². The van der Waals surface area contributed by atoms with E-state index in [2.05, 4.69) is 4.98 Å². The first-order chi connectivity index (χ1) is 13.6. The molecule has 0 atom stereocenters. The molecule has 0 aliphatic heterocycles. The van der Waals surface area contributed by atoms with Gasteiger partial charge in [-0.05, 0) is 30.2 Å². The summed E-state index contributed by atoms with van der Waals surface area (Å²) < 4.78 is 12.6. The van der Waals surface area contributed by atoms with E-state index in [9.17, 15) is 9.59 Å². The van der Waals surface area contributed by atoms with E-state index in [-0.39, 0.29) is 18.3 Å². The van der Waals surface area contributed by atoms with Crippen molar-refractivity contribution in [2.45, 2.75) is 24.3 Å². The van der Waals surface area contributed by atoms with Crippen molar-refractivity contribution < 1.29 is 13.9 Å². The topological polar surface area (TPSA) is 69.4 Å². The molecular weight excluding hydrogens is 394 g/mol. The lowest BCUT2D eigenvalue weighted by Crippen LogP contribution is -2.09. The Balaban J connectivity index is 1.42. The molecule has 0 fully saturated rings. The summed E-state index contributed by atoms with van der Waals surface area (Å²) in [5, 5.41) is 0.781. The maximum atomic E-state index is 12.2. The molecule has 0 amide bonds. The fourth-order valence-electron chi connectivity index (χ4n) is 2.85. The average molecular weight is 412 g/mol. The molecule has 0 aliphatic carbocycles. The predicted octanol–water partition coefficient (Wildman–Crippen LogP) is 4.80. The summed E-state index contributed by atoms with van der Waals surface area (Å²) in [5.74, 6) is -0.185.